The minimum Gasteiger partial charge on any atom is -0.246 e. The molecule has 0 saturated heterocycles. The summed E-state index contributed by atoms with van der Waals surface area (Å²) in [5.41, 5.74) is 0. The molecule has 0 radical (unpaired) electrons. The van der Waals surface area contributed by atoms with Gasteiger partial charge >= 0.3 is 5.97 Å². The third kappa shape index (κ3) is 1.96. The summed E-state index contributed by atoms with van der Waals surface area (Å²) in [7, 11) is 0.459. The van der Waals surface area contributed by atoms with Gasteiger partial charge in [0.05, 0.1) is 0 Å². The third-order valence-electron chi connectivity index (χ3n) is 1.28. The van der Waals surface area contributed by atoms with Crippen LogP contribution in [-0.2, 0) is 14.7 Å². The summed E-state index contributed by atoms with van der Waals surface area (Å²) in [5.74, 6) is -2.21. The average molecular weight is 184 g/mol. The molecule has 0 aliphatic carbocycles. The lowest BCUT2D eigenvalue weighted by atomic mass is 10.1. The van der Waals surface area contributed by atoms with Crippen LogP contribution >= 0.6 is 0 Å². The highest BCUT2D eigenvalue weighted by Gasteiger charge is 2.49. The molecular weight excluding hydrogens is 172 g/mol. The monoisotopic (exact) mass is 184 g/mol. The van der Waals surface area contributed by atoms with E-state index in [0.717, 1.165) is 0 Å². The van der Waals surface area contributed by atoms with E-state index in [1.165, 1.54) is 0 Å². The van der Waals surface area contributed by atoms with Gasteiger partial charge in [-0.25, -0.2) is 15.8 Å². The average Bonchev–Trinajstić information content (AvgIpc) is 1.90. The maximum atomic E-state index is 8.26. The molecule has 0 aromatic heterocycles. The molecule has 0 aliphatic rings. The lowest BCUT2D eigenvalue weighted by Crippen LogP contribution is -2.46. The molecular formula is C4H12O6Si. The molecule has 0 aliphatic heterocycles. The molecule has 11 heavy (non-hydrogen) atoms. The van der Waals surface area contributed by atoms with Crippen molar-refractivity contribution in [2.45, 2.75) is 24.9 Å². The first-order valence-electron chi connectivity index (χ1n) is 2.91. The van der Waals surface area contributed by atoms with Gasteiger partial charge in [-0.15, -0.1) is 0 Å². The summed E-state index contributed by atoms with van der Waals surface area (Å²) >= 11 is 0. The zero-order valence-corrected chi connectivity index (χ0v) is 8.57. The first kappa shape index (κ1) is 11.0. The maximum Gasteiger partial charge on any atom is 0.366 e. The Balaban J connectivity index is 4.54. The van der Waals surface area contributed by atoms with Gasteiger partial charge in [0.2, 0.25) is 0 Å². The summed E-state index contributed by atoms with van der Waals surface area (Å²) in [4.78, 5) is 11.1. The van der Waals surface area contributed by atoms with Crippen LogP contribution in [0.1, 0.15) is 13.8 Å². The Labute approximate surface area is 66.5 Å². The van der Waals surface area contributed by atoms with Crippen molar-refractivity contribution in [2.24, 2.45) is 0 Å². The fraction of sp³-hybridized carbons (Fsp3) is 1.00. The van der Waals surface area contributed by atoms with Crippen LogP contribution in [0, 0.1) is 0 Å². The van der Waals surface area contributed by atoms with E-state index >= 15 is 0 Å². The summed E-state index contributed by atoms with van der Waals surface area (Å²) in [6, 6.07) is 0. The first-order valence-corrected chi connectivity index (χ1v) is 3.91. The van der Waals surface area contributed by atoms with Crippen LogP contribution in [-0.4, -0.2) is 32.0 Å². The molecule has 6 nitrogen and oxygen atoms in total. The second-order valence-electron chi connectivity index (χ2n) is 3.08. The van der Waals surface area contributed by atoms with Crippen LogP contribution in [0.5, 0.6) is 0 Å². The Hall–Kier alpha value is -0.0231. The topological polar surface area (TPSA) is 88.4 Å². The van der Waals surface area contributed by atoms with Crippen LogP contribution in [0.3, 0.4) is 0 Å². The third-order valence-corrected chi connectivity index (χ3v) is 1.89. The Morgan fingerprint density at radius 3 is 1.27 bits per heavy atom. The molecule has 3 N–H and O–H groups in total. The predicted octanol–water partition coefficient (Wildman–Crippen LogP) is -0.327. The standard InChI is InChI=1S/C4H12O6Si/c1-3(2,11)4(8-5,9-6)10-7/h5-7H,1-2,11H3. The molecule has 68 valence electrons. The molecule has 0 heterocycles. The van der Waals surface area contributed by atoms with E-state index < -0.39 is 11.0 Å². The molecule has 0 saturated carbocycles. The molecule has 0 unspecified atom stereocenters. The van der Waals surface area contributed by atoms with Crippen molar-refractivity contribution >= 4 is 10.2 Å². The SMILES string of the molecule is CC(C)([SiH3])C(OO)(OO)OO. The van der Waals surface area contributed by atoms with Gasteiger partial charge in [-0.2, -0.15) is 14.7 Å². The van der Waals surface area contributed by atoms with E-state index in [9.17, 15) is 0 Å². The van der Waals surface area contributed by atoms with Crippen molar-refractivity contribution < 1.29 is 30.4 Å². The Morgan fingerprint density at radius 2 is 1.27 bits per heavy atom. The van der Waals surface area contributed by atoms with Crippen molar-refractivity contribution in [3.63, 3.8) is 0 Å². The van der Waals surface area contributed by atoms with E-state index in [1.54, 1.807) is 13.8 Å². The molecule has 0 spiro atoms. The van der Waals surface area contributed by atoms with Crippen molar-refractivity contribution in [2.75, 3.05) is 0 Å². The highest BCUT2D eigenvalue weighted by Crippen LogP contribution is 2.37. The van der Waals surface area contributed by atoms with Crippen LogP contribution < -0.4 is 0 Å². The van der Waals surface area contributed by atoms with E-state index in [-0.39, 0.29) is 0 Å². The first-order chi connectivity index (χ1) is 4.93. The fourth-order valence-electron chi connectivity index (χ4n) is 0.461. The minimum absolute atomic E-state index is 0.459. The van der Waals surface area contributed by atoms with E-state index in [2.05, 4.69) is 14.7 Å². The fourth-order valence-corrected chi connectivity index (χ4v) is 0.735. The molecule has 0 amide bonds. The zero-order chi connectivity index (χ0) is 9.12. The van der Waals surface area contributed by atoms with Crippen molar-refractivity contribution in [1.29, 1.82) is 0 Å². The highest BCUT2D eigenvalue weighted by atomic mass is 28.1. The summed E-state index contributed by atoms with van der Waals surface area (Å²) in [5, 5.41) is 24.0. The van der Waals surface area contributed by atoms with Gasteiger partial charge < -0.3 is 0 Å². The zero-order valence-electron chi connectivity index (χ0n) is 6.57. The van der Waals surface area contributed by atoms with Crippen molar-refractivity contribution in [3.05, 3.63) is 0 Å². The Bertz CT molecular complexity index is 108. The second kappa shape index (κ2) is 3.58. The Morgan fingerprint density at radius 1 is 1.00 bits per heavy atom. The highest BCUT2D eigenvalue weighted by molar-refractivity contribution is 6.15. The molecule has 0 aromatic carbocycles. The van der Waals surface area contributed by atoms with Gasteiger partial charge in [-0.3, -0.25) is 0 Å². The normalized spacial score (nSPS) is 13.9. The molecule has 0 atom stereocenters. The maximum absolute atomic E-state index is 8.26. The summed E-state index contributed by atoms with van der Waals surface area (Å²) in [6.45, 7) is 3.14. The van der Waals surface area contributed by atoms with E-state index in [1.807, 2.05) is 0 Å². The lowest BCUT2D eigenvalue weighted by molar-refractivity contribution is -0.621. The van der Waals surface area contributed by atoms with Gasteiger partial charge in [0.1, 0.15) is 0 Å². The molecule has 0 rings (SSSR count). The van der Waals surface area contributed by atoms with Gasteiger partial charge in [-0.05, 0) is 0 Å². The van der Waals surface area contributed by atoms with Gasteiger partial charge in [-0.1, -0.05) is 13.8 Å². The molecule has 0 fully saturated rings. The minimum atomic E-state index is -2.21. The molecule has 0 bridgehead atoms. The van der Waals surface area contributed by atoms with Gasteiger partial charge in [0.25, 0.3) is 0 Å². The number of hydrogen-bond donors (Lipinski definition) is 3. The van der Waals surface area contributed by atoms with E-state index in [4.69, 9.17) is 15.8 Å². The van der Waals surface area contributed by atoms with Crippen molar-refractivity contribution in [3.8, 4) is 0 Å². The number of hydrogen-bond acceptors (Lipinski definition) is 6. The van der Waals surface area contributed by atoms with E-state index in [0.29, 0.717) is 10.2 Å². The van der Waals surface area contributed by atoms with Gasteiger partial charge in [0.15, 0.2) is 0 Å². The summed E-state index contributed by atoms with van der Waals surface area (Å²) in [6.07, 6.45) is 0. The Kier molecular flexibility index (Phi) is 3.58. The molecule has 0 aromatic rings. The van der Waals surface area contributed by atoms with Crippen LogP contribution in [0.4, 0.5) is 0 Å². The summed E-state index contributed by atoms with van der Waals surface area (Å²) < 4.78 is 0. The van der Waals surface area contributed by atoms with Crippen molar-refractivity contribution in [1.82, 2.24) is 0 Å². The quantitative estimate of drug-likeness (QED) is 0.240. The van der Waals surface area contributed by atoms with Crippen LogP contribution in [0.2, 0.25) is 5.04 Å². The molecule has 7 heteroatoms. The van der Waals surface area contributed by atoms with Crippen LogP contribution in [0.25, 0.3) is 0 Å². The predicted molar refractivity (Wildman–Crippen MR) is 37.9 cm³/mol. The smallest absolute Gasteiger partial charge is 0.246 e. The lowest BCUT2D eigenvalue weighted by Gasteiger charge is -2.34. The number of rotatable bonds is 4. The largest absolute Gasteiger partial charge is 0.366 e. The second-order valence-corrected chi connectivity index (χ2v) is 5.58. The van der Waals surface area contributed by atoms with Crippen LogP contribution in [0.15, 0.2) is 0 Å². The van der Waals surface area contributed by atoms with Gasteiger partial charge in [0, 0.05) is 15.3 Å².